The Morgan fingerprint density at radius 3 is 2.45 bits per heavy atom. The molecule has 1 aliphatic rings. The van der Waals surface area contributed by atoms with Crippen LogP contribution >= 0.6 is 11.8 Å². The first-order chi connectivity index (χ1) is 9.65. The fraction of sp³-hybridized carbons (Fsp3) is 0.600. The van der Waals surface area contributed by atoms with E-state index < -0.39 is 0 Å². The molecule has 1 aliphatic carbocycles. The first kappa shape index (κ1) is 15.3. The minimum absolute atomic E-state index is 0.154. The quantitative estimate of drug-likeness (QED) is 0.641. The molecule has 1 N–H and O–H groups in total. The molecule has 20 heavy (non-hydrogen) atoms. The number of nitrogens with one attached hydrogen (secondary N) is 1. The van der Waals surface area contributed by atoms with E-state index in [1.165, 1.54) is 32.1 Å². The van der Waals surface area contributed by atoms with E-state index in [0.29, 0.717) is 4.75 Å². The lowest BCUT2D eigenvalue weighted by molar-refractivity contribution is -0.384. The molecule has 0 saturated heterocycles. The molecule has 0 aliphatic heterocycles. The lowest BCUT2D eigenvalue weighted by Crippen LogP contribution is -2.39. The van der Waals surface area contributed by atoms with Crippen molar-refractivity contribution in [2.75, 3.05) is 12.8 Å². The van der Waals surface area contributed by atoms with Crippen molar-refractivity contribution >= 4 is 17.4 Å². The first-order valence-electron chi connectivity index (χ1n) is 7.14. The van der Waals surface area contributed by atoms with E-state index in [9.17, 15) is 10.1 Å². The summed E-state index contributed by atoms with van der Waals surface area (Å²) in [5.74, 6) is 0. The van der Waals surface area contributed by atoms with Gasteiger partial charge in [0.2, 0.25) is 0 Å². The van der Waals surface area contributed by atoms with Crippen LogP contribution in [0.1, 0.15) is 37.7 Å². The normalized spacial score (nSPS) is 17.9. The highest BCUT2D eigenvalue weighted by atomic mass is 32.2. The number of nitro groups is 1. The zero-order chi connectivity index (χ0) is 14.4. The molecule has 0 aromatic heterocycles. The maximum absolute atomic E-state index is 10.6. The first-order valence-corrected chi connectivity index (χ1v) is 8.37. The Bertz CT molecular complexity index is 442. The maximum atomic E-state index is 10.6. The second-order valence-corrected chi connectivity index (χ2v) is 6.75. The average molecular weight is 294 g/mol. The minimum atomic E-state index is -0.359. The fourth-order valence-corrected chi connectivity index (χ4v) is 3.76. The van der Waals surface area contributed by atoms with Gasteiger partial charge in [0, 0.05) is 30.0 Å². The van der Waals surface area contributed by atoms with Crippen molar-refractivity contribution in [1.82, 2.24) is 5.32 Å². The number of hydrogen-bond donors (Lipinski definition) is 1. The number of non-ortho nitro benzene ring substituents is 1. The van der Waals surface area contributed by atoms with Crippen molar-refractivity contribution in [3.05, 3.63) is 39.9 Å². The smallest absolute Gasteiger partial charge is 0.269 e. The number of benzene rings is 1. The van der Waals surface area contributed by atoms with Crippen molar-refractivity contribution in [3.8, 4) is 0 Å². The summed E-state index contributed by atoms with van der Waals surface area (Å²) >= 11 is 1.98. The predicted octanol–water partition coefficient (Wildman–Crippen LogP) is 3.75. The van der Waals surface area contributed by atoms with E-state index in [4.69, 9.17) is 0 Å². The largest absolute Gasteiger partial charge is 0.311 e. The summed E-state index contributed by atoms with van der Waals surface area (Å²) < 4.78 is 0.388. The Labute approximate surface area is 124 Å². The molecule has 0 unspecified atom stereocenters. The van der Waals surface area contributed by atoms with Gasteiger partial charge < -0.3 is 5.32 Å². The highest BCUT2D eigenvalue weighted by molar-refractivity contribution is 8.00. The summed E-state index contributed by atoms with van der Waals surface area (Å²) in [5, 5.41) is 14.1. The zero-order valence-electron chi connectivity index (χ0n) is 11.9. The molecule has 0 bridgehead atoms. The topological polar surface area (TPSA) is 55.2 Å². The van der Waals surface area contributed by atoms with Gasteiger partial charge in [0.25, 0.3) is 5.69 Å². The van der Waals surface area contributed by atoms with Crippen LogP contribution in [-0.4, -0.2) is 22.5 Å². The number of nitrogens with zero attached hydrogens (tertiary/aromatic N) is 1. The summed E-state index contributed by atoms with van der Waals surface area (Å²) in [7, 11) is 0. The second kappa shape index (κ2) is 7.09. The van der Waals surface area contributed by atoms with Gasteiger partial charge >= 0.3 is 0 Å². The molecule has 1 saturated carbocycles. The van der Waals surface area contributed by atoms with Gasteiger partial charge in [-0.25, -0.2) is 0 Å². The minimum Gasteiger partial charge on any atom is -0.311 e. The van der Waals surface area contributed by atoms with Crippen LogP contribution in [0.3, 0.4) is 0 Å². The van der Waals surface area contributed by atoms with Crippen LogP contribution in [-0.2, 0) is 6.54 Å². The molecule has 0 amide bonds. The molecule has 0 spiro atoms. The van der Waals surface area contributed by atoms with E-state index in [0.717, 1.165) is 18.7 Å². The van der Waals surface area contributed by atoms with Crippen LogP contribution in [0.4, 0.5) is 5.69 Å². The Hall–Kier alpha value is -1.07. The molecule has 0 atom stereocenters. The molecule has 110 valence electrons. The van der Waals surface area contributed by atoms with Crippen molar-refractivity contribution in [1.29, 1.82) is 0 Å². The SMILES string of the molecule is CSC1(CNCc2ccc([N+](=O)[O-])cc2)CCCCC1. The summed E-state index contributed by atoms with van der Waals surface area (Å²) in [6.07, 6.45) is 8.83. The molecule has 1 aromatic carbocycles. The monoisotopic (exact) mass is 294 g/mol. The number of nitro benzene ring substituents is 1. The molecule has 0 heterocycles. The highest BCUT2D eigenvalue weighted by Gasteiger charge is 2.30. The third-order valence-electron chi connectivity index (χ3n) is 4.12. The highest BCUT2D eigenvalue weighted by Crippen LogP contribution is 2.37. The summed E-state index contributed by atoms with van der Waals surface area (Å²) in [4.78, 5) is 10.2. The van der Waals surface area contributed by atoms with Crippen molar-refractivity contribution in [2.45, 2.75) is 43.4 Å². The molecular formula is C15H22N2O2S. The van der Waals surface area contributed by atoms with Gasteiger partial charge in [-0.2, -0.15) is 11.8 Å². The average Bonchev–Trinajstić information content (AvgIpc) is 2.49. The Balaban J connectivity index is 1.84. The van der Waals surface area contributed by atoms with E-state index in [-0.39, 0.29) is 10.6 Å². The Morgan fingerprint density at radius 2 is 1.90 bits per heavy atom. The second-order valence-electron chi connectivity index (χ2n) is 5.47. The van der Waals surface area contributed by atoms with E-state index in [1.807, 2.05) is 23.9 Å². The Morgan fingerprint density at radius 1 is 1.25 bits per heavy atom. The van der Waals surface area contributed by atoms with Crippen LogP contribution in [0.25, 0.3) is 0 Å². The summed E-state index contributed by atoms with van der Waals surface area (Å²) in [5.41, 5.74) is 1.25. The molecule has 0 radical (unpaired) electrons. The predicted molar refractivity (Wildman–Crippen MR) is 84.1 cm³/mol. The lowest BCUT2D eigenvalue weighted by atomic mass is 9.88. The van der Waals surface area contributed by atoms with Crippen molar-refractivity contribution in [2.24, 2.45) is 0 Å². The summed E-state index contributed by atoms with van der Waals surface area (Å²) in [6.45, 7) is 1.80. The summed E-state index contributed by atoms with van der Waals surface area (Å²) in [6, 6.07) is 6.81. The van der Waals surface area contributed by atoms with E-state index in [2.05, 4.69) is 11.6 Å². The van der Waals surface area contributed by atoms with Crippen molar-refractivity contribution < 1.29 is 4.92 Å². The third kappa shape index (κ3) is 3.96. The molecule has 4 nitrogen and oxygen atoms in total. The fourth-order valence-electron chi connectivity index (χ4n) is 2.82. The zero-order valence-corrected chi connectivity index (χ0v) is 12.7. The van der Waals surface area contributed by atoms with Crippen LogP contribution in [0.2, 0.25) is 0 Å². The van der Waals surface area contributed by atoms with Crippen LogP contribution in [0.5, 0.6) is 0 Å². The molecule has 1 fully saturated rings. The molecule has 2 rings (SSSR count). The van der Waals surface area contributed by atoms with E-state index >= 15 is 0 Å². The number of hydrogen-bond acceptors (Lipinski definition) is 4. The van der Waals surface area contributed by atoms with Gasteiger partial charge in [-0.3, -0.25) is 10.1 Å². The van der Waals surface area contributed by atoms with Gasteiger partial charge in [-0.15, -0.1) is 0 Å². The van der Waals surface area contributed by atoms with Gasteiger partial charge in [-0.1, -0.05) is 31.4 Å². The van der Waals surface area contributed by atoms with Crippen LogP contribution in [0, 0.1) is 10.1 Å². The standard InChI is InChI=1S/C15H22N2O2S/c1-20-15(9-3-2-4-10-15)12-16-11-13-5-7-14(8-6-13)17(18)19/h5-8,16H,2-4,9-12H2,1H3. The Kier molecular flexibility index (Phi) is 5.43. The van der Waals surface area contributed by atoms with Crippen molar-refractivity contribution in [3.63, 3.8) is 0 Å². The van der Waals surface area contributed by atoms with Crippen LogP contribution in [0.15, 0.2) is 24.3 Å². The molecule has 1 aromatic rings. The maximum Gasteiger partial charge on any atom is 0.269 e. The third-order valence-corrected chi connectivity index (χ3v) is 5.54. The lowest BCUT2D eigenvalue weighted by Gasteiger charge is -2.36. The van der Waals surface area contributed by atoms with Gasteiger partial charge in [0.05, 0.1) is 4.92 Å². The number of thioether (sulfide) groups is 1. The number of rotatable bonds is 6. The van der Waals surface area contributed by atoms with Gasteiger partial charge in [0.15, 0.2) is 0 Å². The van der Waals surface area contributed by atoms with Crippen LogP contribution < -0.4 is 5.32 Å². The van der Waals surface area contributed by atoms with E-state index in [1.54, 1.807) is 12.1 Å². The molecule has 5 heteroatoms. The van der Waals surface area contributed by atoms with Gasteiger partial charge in [-0.05, 0) is 24.7 Å². The van der Waals surface area contributed by atoms with Gasteiger partial charge in [0.1, 0.15) is 0 Å². The molecular weight excluding hydrogens is 272 g/mol.